The van der Waals surface area contributed by atoms with Crippen LogP contribution in [0.2, 0.25) is 0 Å². The molecule has 5 heteroatoms. The Kier molecular flexibility index (Phi) is 6.11. The van der Waals surface area contributed by atoms with Crippen LogP contribution in [0.15, 0.2) is 71.7 Å². The highest BCUT2D eigenvalue weighted by Crippen LogP contribution is 2.24. The van der Waals surface area contributed by atoms with Crippen molar-refractivity contribution in [2.24, 2.45) is 0 Å². The molecular formula is C25H28N2O3. The van der Waals surface area contributed by atoms with Gasteiger partial charge in [0.1, 0.15) is 0 Å². The molecule has 0 unspecified atom stereocenters. The molecule has 156 valence electrons. The molecule has 3 rings (SSSR count). The largest absolute Gasteiger partial charge is 0.478 e. The van der Waals surface area contributed by atoms with E-state index in [9.17, 15) is 14.7 Å². The van der Waals surface area contributed by atoms with E-state index < -0.39 is 5.97 Å². The van der Waals surface area contributed by atoms with Crippen LogP contribution in [0.5, 0.6) is 0 Å². The summed E-state index contributed by atoms with van der Waals surface area (Å²) in [4.78, 5) is 24.6. The zero-order chi connectivity index (χ0) is 21.9. The number of aromatic carboxylic acids is 1. The fourth-order valence-corrected chi connectivity index (χ4v) is 3.47. The SMILES string of the molecule is C/C=C/Cc1cn(C(C)(C)C)c(=O)n1Cc1ccc(-c2ccccc2C(=O)O)cc1. The molecule has 0 amide bonds. The molecule has 0 aliphatic heterocycles. The summed E-state index contributed by atoms with van der Waals surface area (Å²) in [7, 11) is 0. The first-order valence-electron chi connectivity index (χ1n) is 10.1. The Balaban J connectivity index is 1.95. The summed E-state index contributed by atoms with van der Waals surface area (Å²) >= 11 is 0. The summed E-state index contributed by atoms with van der Waals surface area (Å²) < 4.78 is 3.59. The Hall–Kier alpha value is -3.34. The van der Waals surface area contributed by atoms with Gasteiger partial charge in [-0.05, 0) is 50.5 Å². The van der Waals surface area contributed by atoms with E-state index in [-0.39, 0.29) is 16.8 Å². The maximum atomic E-state index is 13.0. The topological polar surface area (TPSA) is 64.2 Å². The van der Waals surface area contributed by atoms with Crippen molar-refractivity contribution in [3.63, 3.8) is 0 Å². The molecule has 3 aromatic rings. The van der Waals surface area contributed by atoms with Crippen molar-refractivity contribution >= 4 is 5.97 Å². The van der Waals surface area contributed by atoms with Crippen LogP contribution in [0.25, 0.3) is 11.1 Å². The van der Waals surface area contributed by atoms with Crippen LogP contribution in [0.4, 0.5) is 0 Å². The van der Waals surface area contributed by atoms with E-state index in [0.29, 0.717) is 18.5 Å². The molecule has 1 heterocycles. The lowest BCUT2D eigenvalue weighted by atomic mass is 9.99. The van der Waals surface area contributed by atoms with Gasteiger partial charge >= 0.3 is 11.7 Å². The van der Waals surface area contributed by atoms with Gasteiger partial charge in [-0.1, -0.05) is 54.6 Å². The van der Waals surface area contributed by atoms with Crippen molar-refractivity contribution in [2.45, 2.75) is 46.2 Å². The summed E-state index contributed by atoms with van der Waals surface area (Å²) in [6, 6.07) is 14.7. The van der Waals surface area contributed by atoms with Crippen LogP contribution >= 0.6 is 0 Å². The van der Waals surface area contributed by atoms with E-state index in [1.165, 1.54) is 0 Å². The van der Waals surface area contributed by atoms with Crippen molar-refractivity contribution in [3.8, 4) is 11.1 Å². The van der Waals surface area contributed by atoms with Gasteiger partial charge in [0.05, 0.1) is 12.1 Å². The molecule has 0 saturated heterocycles. The molecule has 0 saturated carbocycles. The molecule has 0 bridgehead atoms. The molecule has 2 aromatic carbocycles. The normalized spacial score (nSPS) is 11.9. The number of rotatable bonds is 6. The van der Waals surface area contributed by atoms with Crippen LogP contribution in [0.3, 0.4) is 0 Å². The summed E-state index contributed by atoms with van der Waals surface area (Å²) in [5.41, 5.74) is 3.43. The van der Waals surface area contributed by atoms with Gasteiger partial charge in [-0.25, -0.2) is 9.59 Å². The highest BCUT2D eigenvalue weighted by atomic mass is 16.4. The second-order valence-corrected chi connectivity index (χ2v) is 8.35. The number of benzene rings is 2. The number of hydrogen-bond acceptors (Lipinski definition) is 2. The standard InChI is InChI=1S/C25H28N2O3/c1-5-6-9-20-17-27(25(2,3)4)24(30)26(20)16-18-12-14-19(15-13-18)21-10-7-8-11-22(21)23(28)29/h5-8,10-15,17H,9,16H2,1-4H3,(H,28,29)/b6-5+. The third-order valence-electron chi connectivity index (χ3n) is 5.11. The van der Waals surface area contributed by atoms with Crippen LogP contribution in [0.1, 0.15) is 49.3 Å². The molecular weight excluding hydrogens is 376 g/mol. The van der Waals surface area contributed by atoms with E-state index in [4.69, 9.17) is 0 Å². The molecule has 1 N–H and O–H groups in total. The van der Waals surface area contributed by atoms with Crippen LogP contribution in [-0.4, -0.2) is 20.2 Å². The fourth-order valence-electron chi connectivity index (χ4n) is 3.47. The summed E-state index contributed by atoms with van der Waals surface area (Å²) in [6.07, 6.45) is 6.67. The van der Waals surface area contributed by atoms with E-state index in [0.717, 1.165) is 16.8 Å². The predicted molar refractivity (Wildman–Crippen MR) is 120 cm³/mol. The number of carboxylic acid groups (broad SMARTS) is 1. The average Bonchev–Trinajstić information content (AvgIpc) is 3.03. The third kappa shape index (κ3) is 4.46. The molecule has 0 radical (unpaired) electrons. The first kappa shape index (κ1) is 21.4. The quantitative estimate of drug-likeness (QED) is 0.592. The molecule has 0 fully saturated rings. The Morgan fingerprint density at radius 2 is 1.73 bits per heavy atom. The minimum atomic E-state index is -0.946. The maximum Gasteiger partial charge on any atom is 0.336 e. The van der Waals surface area contributed by atoms with E-state index >= 15 is 0 Å². The molecule has 30 heavy (non-hydrogen) atoms. The van der Waals surface area contributed by atoms with Gasteiger partial charge in [0.2, 0.25) is 0 Å². The zero-order valence-corrected chi connectivity index (χ0v) is 17.9. The Bertz CT molecular complexity index is 1130. The second-order valence-electron chi connectivity index (χ2n) is 8.35. The van der Waals surface area contributed by atoms with E-state index in [1.807, 2.05) is 87.0 Å². The molecule has 0 spiro atoms. The molecule has 0 aliphatic carbocycles. The second kappa shape index (κ2) is 8.57. The minimum Gasteiger partial charge on any atom is -0.478 e. The lowest BCUT2D eigenvalue weighted by molar-refractivity contribution is 0.0697. The highest BCUT2D eigenvalue weighted by molar-refractivity contribution is 5.95. The van der Waals surface area contributed by atoms with Gasteiger partial charge in [0.15, 0.2) is 0 Å². The van der Waals surface area contributed by atoms with E-state index in [1.54, 1.807) is 16.7 Å². The number of nitrogens with zero attached hydrogens (tertiary/aromatic N) is 2. The first-order chi connectivity index (χ1) is 14.2. The Labute approximate surface area is 176 Å². The maximum absolute atomic E-state index is 13.0. The summed E-state index contributed by atoms with van der Waals surface area (Å²) in [5.74, 6) is -0.946. The van der Waals surface area contributed by atoms with Crippen molar-refractivity contribution in [1.82, 2.24) is 9.13 Å². The van der Waals surface area contributed by atoms with Crippen LogP contribution < -0.4 is 5.69 Å². The monoisotopic (exact) mass is 404 g/mol. The van der Waals surface area contributed by atoms with Gasteiger partial charge < -0.3 is 5.11 Å². The third-order valence-corrected chi connectivity index (χ3v) is 5.11. The Morgan fingerprint density at radius 1 is 1.07 bits per heavy atom. The number of allylic oxidation sites excluding steroid dienone is 2. The zero-order valence-electron chi connectivity index (χ0n) is 17.9. The smallest absolute Gasteiger partial charge is 0.336 e. The number of aromatic nitrogens is 2. The van der Waals surface area contributed by atoms with Crippen molar-refractivity contribution in [3.05, 3.63) is 94.2 Å². The number of hydrogen-bond donors (Lipinski definition) is 1. The molecule has 5 nitrogen and oxygen atoms in total. The summed E-state index contributed by atoms with van der Waals surface area (Å²) in [6.45, 7) is 8.50. The van der Waals surface area contributed by atoms with Crippen molar-refractivity contribution in [1.29, 1.82) is 0 Å². The molecule has 0 aliphatic rings. The van der Waals surface area contributed by atoms with Crippen molar-refractivity contribution < 1.29 is 9.90 Å². The Morgan fingerprint density at radius 3 is 2.33 bits per heavy atom. The lowest BCUT2D eigenvalue weighted by Crippen LogP contribution is -2.34. The van der Waals surface area contributed by atoms with Gasteiger partial charge in [-0.3, -0.25) is 9.13 Å². The van der Waals surface area contributed by atoms with Crippen LogP contribution in [-0.2, 0) is 18.5 Å². The fraction of sp³-hybridized carbons (Fsp3) is 0.280. The first-order valence-corrected chi connectivity index (χ1v) is 10.1. The van der Waals surface area contributed by atoms with Gasteiger partial charge in [-0.2, -0.15) is 0 Å². The predicted octanol–water partition coefficient (Wildman–Crippen LogP) is 4.94. The van der Waals surface area contributed by atoms with E-state index in [2.05, 4.69) is 0 Å². The minimum absolute atomic E-state index is 0.0256. The van der Waals surface area contributed by atoms with Crippen LogP contribution in [0, 0.1) is 0 Å². The van der Waals surface area contributed by atoms with Gasteiger partial charge in [0, 0.05) is 23.9 Å². The van der Waals surface area contributed by atoms with Gasteiger partial charge in [0.25, 0.3) is 0 Å². The molecule has 0 atom stereocenters. The molecule has 1 aromatic heterocycles. The number of imidazole rings is 1. The average molecular weight is 405 g/mol. The number of carboxylic acids is 1. The lowest BCUT2D eigenvalue weighted by Gasteiger charge is -2.19. The summed E-state index contributed by atoms with van der Waals surface area (Å²) in [5, 5.41) is 9.43. The number of carbonyl (C=O) groups is 1. The van der Waals surface area contributed by atoms with Crippen molar-refractivity contribution in [2.75, 3.05) is 0 Å². The van der Waals surface area contributed by atoms with Gasteiger partial charge in [-0.15, -0.1) is 0 Å². The highest BCUT2D eigenvalue weighted by Gasteiger charge is 2.20.